The minimum Gasteiger partial charge on any atom is -0.298 e. The number of rotatable bonds is 4. The molecule has 0 spiro atoms. The highest BCUT2D eigenvalue weighted by atomic mass is 79.9. The van der Waals surface area contributed by atoms with Crippen LogP contribution in [-0.2, 0) is 4.79 Å². The van der Waals surface area contributed by atoms with Crippen molar-refractivity contribution >= 4 is 44.4 Å². The second kappa shape index (κ2) is 7.51. The summed E-state index contributed by atoms with van der Waals surface area (Å²) in [7, 11) is 0. The molecular formula is C18H12BrFN2OS. The molecule has 3 aromatic rings. The van der Waals surface area contributed by atoms with Gasteiger partial charge in [-0.3, -0.25) is 10.1 Å². The van der Waals surface area contributed by atoms with Crippen molar-refractivity contribution < 1.29 is 9.18 Å². The summed E-state index contributed by atoms with van der Waals surface area (Å²) in [6.07, 6.45) is 3.19. The molecule has 2 aromatic carbocycles. The number of halogens is 2. The third-order valence-electron chi connectivity index (χ3n) is 3.17. The van der Waals surface area contributed by atoms with Crippen LogP contribution >= 0.6 is 27.3 Å². The van der Waals surface area contributed by atoms with Crippen LogP contribution in [0.15, 0.2) is 64.5 Å². The van der Waals surface area contributed by atoms with Gasteiger partial charge in [-0.05, 0) is 48.0 Å². The van der Waals surface area contributed by atoms with Crippen LogP contribution in [0.3, 0.4) is 0 Å². The van der Waals surface area contributed by atoms with E-state index < -0.39 is 0 Å². The zero-order chi connectivity index (χ0) is 16.9. The fourth-order valence-electron chi connectivity index (χ4n) is 1.98. The summed E-state index contributed by atoms with van der Waals surface area (Å²) in [5, 5.41) is 5.04. The van der Waals surface area contributed by atoms with Gasteiger partial charge in [-0.15, -0.1) is 11.3 Å². The lowest BCUT2D eigenvalue weighted by Crippen LogP contribution is -2.07. The number of aromatic nitrogens is 1. The van der Waals surface area contributed by atoms with Crippen molar-refractivity contribution in [1.29, 1.82) is 0 Å². The average Bonchev–Trinajstić information content (AvgIpc) is 3.03. The molecule has 24 heavy (non-hydrogen) atoms. The first-order chi connectivity index (χ1) is 11.6. The van der Waals surface area contributed by atoms with Gasteiger partial charge in [-0.25, -0.2) is 9.37 Å². The van der Waals surface area contributed by atoms with Crippen LogP contribution in [0.5, 0.6) is 0 Å². The van der Waals surface area contributed by atoms with Gasteiger partial charge in [-0.2, -0.15) is 0 Å². The number of nitrogens with one attached hydrogen (secondary N) is 1. The van der Waals surface area contributed by atoms with Gasteiger partial charge >= 0.3 is 0 Å². The van der Waals surface area contributed by atoms with Crippen molar-refractivity contribution in [1.82, 2.24) is 4.98 Å². The molecule has 0 aliphatic rings. The Hall–Kier alpha value is -2.31. The Morgan fingerprint density at radius 3 is 2.54 bits per heavy atom. The normalized spacial score (nSPS) is 10.9. The van der Waals surface area contributed by atoms with E-state index in [1.807, 2.05) is 29.6 Å². The lowest BCUT2D eigenvalue weighted by atomic mass is 10.2. The Labute approximate surface area is 151 Å². The van der Waals surface area contributed by atoms with Crippen molar-refractivity contribution in [2.24, 2.45) is 0 Å². The molecule has 1 amide bonds. The van der Waals surface area contributed by atoms with E-state index in [1.165, 1.54) is 29.5 Å². The zero-order valence-corrected chi connectivity index (χ0v) is 14.8. The Bertz CT molecular complexity index is 873. The molecule has 1 N–H and O–H groups in total. The minimum absolute atomic E-state index is 0.252. The molecular weight excluding hydrogens is 391 g/mol. The number of benzene rings is 2. The molecule has 0 bridgehead atoms. The molecule has 0 saturated heterocycles. The largest absolute Gasteiger partial charge is 0.298 e. The van der Waals surface area contributed by atoms with E-state index in [9.17, 15) is 9.18 Å². The molecule has 0 aliphatic heterocycles. The summed E-state index contributed by atoms with van der Waals surface area (Å²) in [6, 6.07) is 13.7. The molecule has 3 rings (SSSR count). The van der Waals surface area contributed by atoms with Crippen molar-refractivity contribution in [3.63, 3.8) is 0 Å². The first-order valence-corrected chi connectivity index (χ1v) is 8.73. The quantitative estimate of drug-likeness (QED) is 0.596. The third-order valence-corrected chi connectivity index (χ3v) is 4.46. The van der Waals surface area contributed by atoms with Crippen LogP contribution in [0, 0.1) is 5.82 Å². The predicted octanol–water partition coefficient (Wildman–Crippen LogP) is 5.36. The van der Waals surface area contributed by atoms with Gasteiger partial charge in [0.1, 0.15) is 5.82 Å². The monoisotopic (exact) mass is 402 g/mol. The standard InChI is InChI=1S/C18H12BrFN2OS/c19-14-6-1-12(2-7-14)3-10-17(23)22-18-21-16(11-24-18)13-4-8-15(20)9-5-13/h1-11H,(H,21,22,23)/b10-3+. The third kappa shape index (κ3) is 4.37. The van der Waals surface area contributed by atoms with Crippen molar-refractivity contribution in [3.05, 3.63) is 75.8 Å². The van der Waals surface area contributed by atoms with Gasteiger partial charge in [0, 0.05) is 21.5 Å². The fourth-order valence-corrected chi connectivity index (χ4v) is 2.96. The van der Waals surface area contributed by atoms with E-state index in [-0.39, 0.29) is 11.7 Å². The van der Waals surface area contributed by atoms with Crippen LogP contribution < -0.4 is 5.32 Å². The number of nitrogens with zero attached hydrogens (tertiary/aromatic N) is 1. The Morgan fingerprint density at radius 1 is 1.12 bits per heavy atom. The number of amides is 1. The molecule has 1 heterocycles. The fraction of sp³-hybridized carbons (Fsp3) is 0. The van der Waals surface area contributed by atoms with E-state index in [0.717, 1.165) is 15.6 Å². The maximum atomic E-state index is 12.9. The van der Waals surface area contributed by atoms with E-state index >= 15 is 0 Å². The van der Waals surface area contributed by atoms with Gasteiger partial charge in [-0.1, -0.05) is 28.1 Å². The van der Waals surface area contributed by atoms with Crippen LogP contribution in [0.2, 0.25) is 0 Å². The van der Waals surface area contributed by atoms with Crippen molar-refractivity contribution in [2.45, 2.75) is 0 Å². The number of hydrogen-bond acceptors (Lipinski definition) is 3. The highest BCUT2D eigenvalue weighted by Gasteiger charge is 2.06. The van der Waals surface area contributed by atoms with Gasteiger partial charge in [0.2, 0.25) is 5.91 Å². The zero-order valence-electron chi connectivity index (χ0n) is 12.4. The van der Waals surface area contributed by atoms with Crippen LogP contribution in [0.4, 0.5) is 9.52 Å². The molecule has 1 aromatic heterocycles. The molecule has 0 aliphatic carbocycles. The summed E-state index contributed by atoms with van der Waals surface area (Å²) in [5.74, 6) is -0.543. The second-order valence-electron chi connectivity index (χ2n) is 4.92. The van der Waals surface area contributed by atoms with Gasteiger partial charge in [0.05, 0.1) is 5.69 Å². The number of carbonyl (C=O) groups is 1. The topological polar surface area (TPSA) is 42.0 Å². The van der Waals surface area contributed by atoms with E-state index in [2.05, 4.69) is 26.2 Å². The average molecular weight is 403 g/mol. The van der Waals surface area contributed by atoms with Gasteiger partial charge < -0.3 is 0 Å². The smallest absolute Gasteiger partial charge is 0.250 e. The predicted molar refractivity (Wildman–Crippen MR) is 99.3 cm³/mol. The lowest BCUT2D eigenvalue weighted by molar-refractivity contribution is -0.111. The molecule has 6 heteroatoms. The molecule has 0 fully saturated rings. The van der Waals surface area contributed by atoms with Crippen LogP contribution in [0.1, 0.15) is 5.56 Å². The molecule has 3 nitrogen and oxygen atoms in total. The highest BCUT2D eigenvalue weighted by Crippen LogP contribution is 2.25. The first kappa shape index (κ1) is 16.5. The van der Waals surface area contributed by atoms with Gasteiger partial charge in [0.15, 0.2) is 5.13 Å². The molecule has 0 saturated carbocycles. The van der Waals surface area contributed by atoms with E-state index in [1.54, 1.807) is 18.2 Å². The number of thiazole rings is 1. The summed E-state index contributed by atoms with van der Waals surface area (Å²) in [6.45, 7) is 0. The van der Waals surface area contributed by atoms with E-state index in [4.69, 9.17) is 0 Å². The lowest BCUT2D eigenvalue weighted by Gasteiger charge is -1.98. The molecule has 0 atom stereocenters. The van der Waals surface area contributed by atoms with Crippen LogP contribution in [-0.4, -0.2) is 10.9 Å². The van der Waals surface area contributed by atoms with Crippen molar-refractivity contribution in [3.8, 4) is 11.3 Å². The Balaban J connectivity index is 1.64. The summed E-state index contributed by atoms with van der Waals surface area (Å²) in [5.41, 5.74) is 2.44. The Kier molecular flexibility index (Phi) is 5.17. The maximum absolute atomic E-state index is 12.9. The minimum atomic E-state index is -0.291. The first-order valence-electron chi connectivity index (χ1n) is 7.06. The number of carbonyl (C=O) groups excluding carboxylic acids is 1. The van der Waals surface area contributed by atoms with Crippen molar-refractivity contribution in [2.75, 3.05) is 5.32 Å². The summed E-state index contributed by atoms with van der Waals surface area (Å²) >= 11 is 4.69. The number of anilines is 1. The number of hydrogen-bond donors (Lipinski definition) is 1. The van der Waals surface area contributed by atoms with E-state index in [0.29, 0.717) is 10.8 Å². The molecule has 120 valence electrons. The second-order valence-corrected chi connectivity index (χ2v) is 6.69. The summed E-state index contributed by atoms with van der Waals surface area (Å²) in [4.78, 5) is 16.3. The highest BCUT2D eigenvalue weighted by molar-refractivity contribution is 9.10. The SMILES string of the molecule is O=C(/C=C/c1ccc(Br)cc1)Nc1nc(-c2ccc(F)cc2)cs1. The van der Waals surface area contributed by atoms with Gasteiger partial charge in [0.25, 0.3) is 0 Å². The summed E-state index contributed by atoms with van der Waals surface area (Å²) < 4.78 is 13.9. The molecule has 0 radical (unpaired) electrons. The maximum Gasteiger partial charge on any atom is 0.250 e. The van der Waals surface area contributed by atoms with Crippen LogP contribution in [0.25, 0.3) is 17.3 Å². The molecule has 0 unspecified atom stereocenters. The Morgan fingerprint density at radius 2 is 1.83 bits per heavy atom.